The number of carbonyl (C=O) groups is 1. The lowest BCUT2D eigenvalue weighted by atomic mass is 9.99. The van der Waals surface area contributed by atoms with Gasteiger partial charge < -0.3 is 14.7 Å². The van der Waals surface area contributed by atoms with E-state index in [4.69, 9.17) is 11.6 Å². The predicted octanol–water partition coefficient (Wildman–Crippen LogP) is 6.60. The van der Waals surface area contributed by atoms with E-state index < -0.39 is 6.43 Å². The van der Waals surface area contributed by atoms with E-state index in [9.17, 15) is 13.6 Å². The fourth-order valence-corrected chi connectivity index (χ4v) is 5.97. The van der Waals surface area contributed by atoms with E-state index in [-0.39, 0.29) is 23.6 Å². The molecule has 2 saturated heterocycles. The molecule has 0 radical (unpaired) electrons. The van der Waals surface area contributed by atoms with Crippen LogP contribution in [0.15, 0.2) is 48.7 Å². The zero-order valence-electron chi connectivity index (χ0n) is 22.8. The maximum absolute atomic E-state index is 13.8. The first kappa shape index (κ1) is 27.4. The molecular weight excluding hydrogens is 520 g/mol. The molecule has 0 aliphatic carbocycles. The number of alkyl halides is 2. The number of benzene rings is 2. The maximum Gasteiger partial charge on any atom is 0.280 e. The van der Waals surface area contributed by atoms with E-state index in [1.54, 1.807) is 6.92 Å². The van der Waals surface area contributed by atoms with Gasteiger partial charge in [0.15, 0.2) is 0 Å². The fourth-order valence-electron chi connectivity index (χ4n) is 5.81. The smallest absolute Gasteiger partial charge is 0.280 e. The molecule has 5 rings (SSSR count). The summed E-state index contributed by atoms with van der Waals surface area (Å²) in [5.74, 6) is 0.239. The molecule has 6 nitrogen and oxygen atoms in total. The first-order valence-corrected chi connectivity index (χ1v) is 14.1. The Bertz CT molecular complexity index is 1300. The molecule has 1 aromatic heterocycles. The third-order valence-corrected chi connectivity index (χ3v) is 8.14. The van der Waals surface area contributed by atoms with Gasteiger partial charge in [0.25, 0.3) is 6.43 Å². The molecule has 0 spiro atoms. The number of rotatable bonds is 6. The molecule has 2 aliphatic heterocycles. The molecule has 3 aromatic rings. The monoisotopic (exact) mass is 555 g/mol. The number of nitrogens with zero attached hydrogens (tertiary/aromatic N) is 5. The number of hydrogen-bond acceptors (Lipinski definition) is 4. The van der Waals surface area contributed by atoms with Gasteiger partial charge in [-0.15, -0.1) is 0 Å². The van der Waals surface area contributed by atoms with Crippen LogP contribution in [0, 0.1) is 12.8 Å². The van der Waals surface area contributed by atoms with Crippen LogP contribution in [0.2, 0.25) is 5.02 Å². The van der Waals surface area contributed by atoms with Crippen LogP contribution in [0.3, 0.4) is 0 Å². The molecule has 3 heterocycles. The number of piperazine rings is 1. The quantitative estimate of drug-likeness (QED) is 0.344. The van der Waals surface area contributed by atoms with Crippen LogP contribution < -0.4 is 9.80 Å². The number of hydrogen-bond donors (Lipinski definition) is 0. The number of amides is 1. The van der Waals surface area contributed by atoms with E-state index in [0.29, 0.717) is 17.1 Å². The first-order chi connectivity index (χ1) is 18.7. The lowest BCUT2D eigenvalue weighted by molar-refractivity contribution is -0.134. The second kappa shape index (κ2) is 11.5. The number of piperidine rings is 1. The van der Waals surface area contributed by atoms with Crippen molar-refractivity contribution in [3.05, 3.63) is 64.9 Å². The maximum atomic E-state index is 13.8. The predicted molar refractivity (Wildman–Crippen MR) is 153 cm³/mol. The zero-order chi connectivity index (χ0) is 27.7. The van der Waals surface area contributed by atoms with Crippen molar-refractivity contribution in [1.82, 2.24) is 14.7 Å². The minimum atomic E-state index is -2.55. The van der Waals surface area contributed by atoms with Gasteiger partial charge in [-0.05, 0) is 55.2 Å². The molecule has 1 amide bonds. The Balaban J connectivity index is 1.34. The molecule has 0 bridgehead atoms. The lowest BCUT2D eigenvalue weighted by Crippen LogP contribution is -2.49. The summed E-state index contributed by atoms with van der Waals surface area (Å²) < 4.78 is 29.1. The van der Waals surface area contributed by atoms with Gasteiger partial charge in [0.1, 0.15) is 5.69 Å². The summed E-state index contributed by atoms with van der Waals surface area (Å²) in [5, 5.41) is 4.96. The van der Waals surface area contributed by atoms with E-state index in [2.05, 4.69) is 39.2 Å². The SMILES string of the molecule is Cc1cnn(C2CCCN(c3cc(Cl)ccc3-c3ccc(N4CCN(C(=O)C(C)C)CC4)cc3)C2)c1C(F)F. The molecule has 0 N–H and O–H groups in total. The highest BCUT2D eigenvalue weighted by molar-refractivity contribution is 6.31. The van der Waals surface area contributed by atoms with Crippen LogP contribution >= 0.6 is 11.6 Å². The highest BCUT2D eigenvalue weighted by atomic mass is 35.5. The van der Waals surface area contributed by atoms with Gasteiger partial charge >= 0.3 is 0 Å². The third-order valence-electron chi connectivity index (χ3n) is 7.90. The molecule has 9 heteroatoms. The number of aromatic nitrogens is 2. The molecular formula is C30H36ClF2N5O. The molecule has 39 heavy (non-hydrogen) atoms. The van der Waals surface area contributed by atoms with Crippen molar-refractivity contribution >= 4 is 28.9 Å². The van der Waals surface area contributed by atoms with Crippen LogP contribution in [-0.2, 0) is 4.79 Å². The standard InChI is InChI=1S/C30H36ClF2N5O/c1-20(2)30(39)36-15-13-35(14-16-36)24-9-6-22(7-10-24)26-11-8-23(31)17-27(26)37-12-4-5-25(19-37)38-28(29(32)33)21(3)18-34-38/h6-11,17-18,20,25,29H,4-5,12-16,19H2,1-3H3. The molecule has 2 fully saturated rings. The number of halogens is 3. The molecule has 2 aliphatic rings. The minimum Gasteiger partial charge on any atom is -0.369 e. The van der Waals surface area contributed by atoms with Crippen LogP contribution in [0.5, 0.6) is 0 Å². The number of aryl methyl sites for hydroxylation is 1. The summed E-state index contributed by atoms with van der Waals surface area (Å²) in [6.07, 6.45) is 0.664. The van der Waals surface area contributed by atoms with Crippen molar-refractivity contribution in [2.75, 3.05) is 49.1 Å². The zero-order valence-corrected chi connectivity index (χ0v) is 23.5. The van der Waals surface area contributed by atoms with Gasteiger partial charge in [-0.3, -0.25) is 9.48 Å². The normalized spacial score (nSPS) is 18.4. The van der Waals surface area contributed by atoms with E-state index >= 15 is 0 Å². The summed E-state index contributed by atoms with van der Waals surface area (Å²) in [5.41, 5.74) is 4.81. The summed E-state index contributed by atoms with van der Waals surface area (Å²) in [6, 6.07) is 14.3. The molecule has 1 unspecified atom stereocenters. The average molecular weight is 556 g/mol. The molecule has 208 valence electrons. The van der Waals surface area contributed by atoms with Crippen molar-refractivity contribution in [2.45, 2.75) is 46.1 Å². The van der Waals surface area contributed by atoms with Crippen LogP contribution in [0.1, 0.15) is 50.4 Å². The average Bonchev–Trinajstić information content (AvgIpc) is 3.34. The second-order valence-corrected chi connectivity index (χ2v) is 11.3. The lowest BCUT2D eigenvalue weighted by Gasteiger charge is -2.37. The van der Waals surface area contributed by atoms with Crippen molar-refractivity contribution in [2.24, 2.45) is 5.92 Å². The highest BCUT2D eigenvalue weighted by Gasteiger charge is 2.29. The second-order valence-electron chi connectivity index (χ2n) is 10.9. The topological polar surface area (TPSA) is 44.6 Å². The number of carbonyl (C=O) groups excluding carboxylic acids is 1. The summed E-state index contributed by atoms with van der Waals surface area (Å²) in [6.45, 7) is 10.1. The van der Waals surface area contributed by atoms with Gasteiger partial charge in [-0.25, -0.2) is 8.78 Å². The number of anilines is 2. The van der Waals surface area contributed by atoms with Crippen molar-refractivity contribution in [3.8, 4) is 11.1 Å². The Morgan fingerprint density at radius 3 is 2.38 bits per heavy atom. The Morgan fingerprint density at radius 1 is 1.00 bits per heavy atom. The largest absolute Gasteiger partial charge is 0.369 e. The van der Waals surface area contributed by atoms with Crippen LogP contribution in [0.25, 0.3) is 11.1 Å². The summed E-state index contributed by atoms with van der Waals surface area (Å²) in [4.78, 5) is 18.9. The van der Waals surface area contributed by atoms with E-state index in [1.807, 2.05) is 36.9 Å². The Morgan fingerprint density at radius 2 is 1.72 bits per heavy atom. The summed E-state index contributed by atoms with van der Waals surface area (Å²) >= 11 is 6.45. The first-order valence-electron chi connectivity index (χ1n) is 13.7. The molecule has 0 saturated carbocycles. The van der Waals surface area contributed by atoms with Gasteiger partial charge in [0.05, 0.1) is 12.2 Å². The van der Waals surface area contributed by atoms with Crippen molar-refractivity contribution in [3.63, 3.8) is 0 Å². The van der Waals surface area contributed by atoms with E-state index in [1.165, 1.54) is 10.9 Å². The molecule has 2 aromatic carbocycles. The molecule has 1 atom stereocenters. The van der Waals surface area contributed by atoms with Crippen LogP contribution in [-0.4, -0.2) is 59.9 Å². The van der Waals surface area contributed by atoms with Gasteiger partial charge in [-0.1, -0.05) is 43.6 Å². The fraction of sp³-hybridized carbons (Fsp3) is 0.467. The van der Waals surface area contributed by atoms with Gasteiger partial charge in [0, 0.05) is 67.1 Å². The third kappa shape index (κ3) is 5.76. The Kier molecular flexibility index (Phi) is 8.12. The van der Waals surface area contributed by atoms with Gasteiger partial charge in [0.2, 0.25) is 5.91 Å². The van der Waals surface area contributed by atoms with Crippen molar-refractivity contribution < 1.29 is 13.6 Å². The van der Waals surface area contributed by atoms with Crippen LogP contribution in [0.4, 0.5) is 20.2 Å². The van der Waals surface area contributed by atoms with Crippen molar-refractivity contribution in [1.29, 1.82) is 0 Å². The Hall–Kier alpha value is -3.13. The highest BCUT2D eigenvalue weighted by Crippen LogP contribution is 2.38. The summed E-state index contributed by atoms with van der Waals surface area (Å²) in [7, 11) is 0. The minimum absolute atomic E-state index is 0.0122. The Labute approximate surface area is 234 Å². The van der Waals surface area contributed by atoms with Gasteiger partial charge in [-0.2, -0.15) is 5.10 Å². The van der Waals surface area contributed by atoms with E-state index in [0.717, 1.165) is 68.1 Å².